The topological polar surface area (TPSA) is 32.5 Å². The van der Waals surface area contributed by atoms with Crippen molar-refractivity contribution < 1.29 is 0 Å². The van der Waals surface area contributed by atoms with E-state index < -0.39 is 0 Å². The van der Waals surface area contributed by atoms with Crippen LogP contribution >= 0.6 is 0 Å². The second kappa shape index (κ2) is 6.72. The zero-order valence-corrected chi connectivity index (χ0v) is 12.2. The molecule has 1 rings (SSSR count). The molecule has 0 heterocycles. The summed E-state index contributed by atoms with van der Waals surface area (Å²) in [4.78, 5) is 4.91. The second-order valence-electron chi connectivity index (χ2n) is 5.92. The lowest BCUT2D eigenvalue weighted by Crippen LogP contribution is -2.58. The zero-order valence-electron chi connectivity index (χ0n) is 12.2. The first kappa shape index (κ1) is 14.9. The van der Waals surface area contributed by atoms with Crippen LogP contribution in [0.4, 0.5) is 0 Å². The summed E-state index contributed by atoms with van der Waals surface area (Å²) in [6.45, 7) is 4.21. The molecule has 0 spiro atoms. The summed E-state index contributed by atoms with van der Waals surface area (Å²) in [7, 11) is 6.68. The van der Waals surface area contributed by atoms with Crippen LogP contribution in [0.2, 0.25) is 0 Å². The summed E-state index contributed by atoms with van der Waals surface area (Å²) in [5.41, 5.74) is 6.34. The highest BCUT2D eigenvalue weighted by Crippen LogP contribution is 2.37. The molecule has 0 amide bonds. The molecule has 0 bridgehead atoms. The molecule has 17 heavy (non-hydrogen) atoms. The molecule has 0 aliphatic heterocycles. The van der Waals surface area contributed by atoms with Crippen molar-refractivity contribution in [2.24, 2.45) is 5.73 Å². The van der Waals surface area contributed by atoms with E-state index in [9.17, 15) is 0 Å². The number of nitrogens with two attached hydrogens (primary N) is 1. The van der Waals surface area contributed by atoms with Gasteiger partial charge in [-0.2, -0.15) is 0 Å². The molecule has 1 atom stereocenters. The number of rotatable bonds is 8. The normalized spacial score (nSPS) is 20.6. The third kappa shape index (κ3) is 3.67. The highest BCUT2D eigenvalue weighted by molar-refractivity contribution is 4.98. The maximum Gasteiger partial charge on any atom is 0.0330 e. The van der Waals surface area contributed by atoms with Crippen molar-refractivity contribution in [3.8, 4) is 0 Å². The van der Waals surface area contributed by atoms with Crippen molar-refractivity contribution in [3.05, 3.63) is 0 Å². The quantitative estimate of drug-likeness (QED) is 0.705. The first-order valence-electron chi connectivity index (χ1n) is 7.13. The Hall–Kier alpha value is -0.120. The van der Waals surface area contributed by atoms with Crippen LogP contribution in [0.1, 0.15) is 45.4 Å². The molecule has 1 aliphatic rings. The smallest absolute Gasteiger partial charge is 0.0330 e. The minimum Gasteiger partial charge on any atom is -0.329 e. The van der Waals surface area contributed by atoms with Gasteiger partial charge in [-0.05, 0) is 46.8 Å². The van der Waals surface area contributed by atoms with Crippen LogP contribution < -0.4 is 5.73 Å². The standard InChI is InChI=1S/C14H31N3/c1-5-6-8-13(11-15)17(4)12-14(16(2)3)9-7-10-14/h13H,5-12,15H2,1-4H3. The molecule has 3 heteroatoms. The predicted octanol–water partition coefficient (Wildman–Crippen LogP) is 1.92. The van der Waals surface area contributed by atoms with E-state index in [1.165, 1.54) is 45.1 Å². The van der Waals surface area contributed by atoms with Crippen LogP contribution in [0.3, 0.4) is 0 Å². The minimum atomic E-state index is 0.425. The highest BCUT2D eigenvalue weighted by Gasteiger charge is 2.40. The Morgan fingerprint density at radius 2 is 1.88 bits per heavy atom. The van der Waals surface area contributed by atoms with E-state index in [0.717, 1.165) is 6.54 Å². The summed E-state index contributed by atoms with van der Waals surface area (Å²) >= 11 is 0. The van der Waals surface area contributed by atoms with Crippen molar-refractivity contribution in [2.75, 3.05) is 34.2 Å². The Morgan fingerprint density at radius 1 is 1.24 bits per heavy atom. The Bertz CT molecular complexity index is 212. The molecule has 2 N–H and O–H groups in total. The van der Waals surface area contributed by atoms with E-state index in [4.69, 9.17) is 5.73 Å². The molecule has 0 aromatic rings. The van der Waals surface area contributed by atoms with E-state index in [2.05, 4.69) is 37.9 Å². The lowest BCUT2D eigenvalue weighted by Gasteiger charge is -2.50. The van der Waals surface area contributed by atoms with Gasteiger partial charge in [0.2, 0.25) is 0 Å². The monoisotopic (exact) mass is 241 g/mol. The van der Waals surface area contributed by atoms with Gasteiger partial charge in [-0.15, -0.1) is 0 Å². The predicted molar refractivity (Wildman–Crippen MR) is 75.3 cm³/mol. The molecule has 1 saturated carbocycles. The second-order valence-corrected chi connectivity index (χ2v) is 5.92. The van der Waals surface area contributed by atoms with E-state index in [0.29, 0.717) is 11.6 Å². The van der Waals surface area contributed by atoms with Gasteiger partial charge in [0.05, 0.1) is 0 Å². The number of likely N-dealkylation sites (N-methyl/N-ethyl adjacent to an activating group) is 2. The molecule has 3 nitrogen and oxygen atoms in total. The van der Waals surface area contributed by atoms with Crippen LogP contribution in [0.25, 0.3) is 0 Å². The van der Waals surface area contributed by atoms with Gasteiger partial charge in [-0.3, -0.25) is 0 Å². The van der Waals surface area contributed by atoms with Crippen LogP contribution in [0, 0.1) is 0 Å². The molecule has 0 radical (unpaired) electrons. The van der Waals surface area contributed by atoms with Gasteiger partial charge >= 0.3 is 0 Å². The molecular weight excluding hydrogens is 210 g/mol. The lowest BCUT2D eigenvalue weighted by molar-refractivity contribution is 0.0158. The number of hydrogen-bond acceptors (Lipinski definition) is 3. The molecule has 1 fully saturated rings. The fourth-order valence-electron chi connectivity index (χ4n) is 2.88. The average Bonchev–Trinajstić information content (AvgIpc) is 2.24. The van der Waals surface area contributed by atoms with E-state index in [1.54, 1.807) is 0 Å². The van der Waals surface area contributed by atoms with Crippen molar-refractivity contribution in [1.82, 2.24) is 9.80 Å². The van der Waals surface area contributed by atoms with Gasteiger partial charge in [0.15, 0.2) is 0 Å². The van der Waals surface area contributed by atoms with E-state index in [-0.39, 0.29) is 0 Å². The zero-order chi connectivity index (χ0) is 12.9. The first-order chi connectivity index (χ1) is 8.05. The van der Waals surface area contributed by atoms with Gasteiger partial charge in [0, 0.05) is 24.7 Å². The lowest BCUT2D eigenvalue weighted by atomic mass is 9.75. The van der Waals surface area contributed by atoms with Crippen molar-refractivity contribution in [2.45, 2.75) is 57.0 Å². The summed E-state index contributed by atoms with van der Waals surface area (Å²) in [5, 5.41) is 0. The van der Waals surface area contributed by atoms with Crippen LogP contribution in [0.15, 0.2) is 0 Å². The van der Waals surface area contributed by atoms with Crippen molar-refractivity contribution >= 4 is 0 Å². The van der Waals surface area contributed by atoms with Gasteiger partial charge in [-0.1, -0.05) is 19.8 Å². The highest BCUT2D eigenvalue weighted by atomic mass is 15.2. The summed E-state index contributed by atoms with van der Waals surface area (Å²) < 4.78 is 0. The molecule has 1 unspecified atom stereocenters. The third-order valence-electron chi connectivity index (χ3n) is 4.56. The minimum absolute atomic E-state index is 0.425. The molecule has 0 aromatic heterocycles. The Labute approximate surface area is 107 Å². The van der Waals surface area contributed by atoms with E-state index >= 15 is 0 Å². The Kier molecular flexibility index (Phi) is 5.90. The van der Waals surface area contributed by atoms with Gasteiger partial charge in [0.25, 0.3) is 0 Å². The molecule has 0 aromatic carbocycles. The van der Waals surface area contributed by atoms with Gasteiger partial charge in [-0.25, -0.2) is 0 Å². The summed E-state index contributed by atoms with van der Waals surface area (Å²) in [5.74, 6) is 0. The molecule has 0 saturated heterocycles. The number of nitrogens with zero attached hydrogens (tertiary/aromatic N) is 2. The van der Waals surface area contributed by atoms with Crippen LogP contribution in [-0.4, -0.2) is 55.6 Å². The maximum absolute atomic E-state index is 5.91. The Balaban J connectivity index is 2.47. The molecule has 102 valence electrons. The molecule has 1 aliphatic carbocycles. The average molecular weight is 241 g/mol. The Morgan fingerprint density at radius 3 is 2.24 bits per heavy atom. The van der Waals surface area contributed by atoms with Crippen LogP contribution in [0.5, 0.6) is 0 Å². The summed E-state index contributed by atoms with van der Waals surface area (Å²) in [6, 6.07) is 0.562. The first-order valence-corrected chi connectivity index (χ1v) is 7.13. The maximum atomic E-state index is 5.91. The third-order valence-corrected chi connectivity index (χ3v) is 4.56. The molecular formula is C14H31N3. The van der Waals surface area contributed by atoms with Crippen LogP contribution in [-0.2, 0) is 0 Å². The largest absolute Gasteiger partial charge is 0.329 e. The summed E-state index contributed by atoms with van der Waals surface area (Å²) in [6.07, 6.45) is 7.87. The van der Waals surface area contributed by atoms with E-state index in [1.807, 2.05) is 0 Å². The fraction of sp³-hybridized carbons (Fsp3) is 1.00. The van der Waals surface area contributed by atoms with Crippen molar-refractivity contribution in [1.29, 1.82) is 0 Å². The number of hydrogen-bond donors (Lipinski definition) is 1. The van der Waals surface area contributed by atoms with Gasteiger partial charge < -0.3 is 15.5 Å². The fourth-order valence-corrected chi connectivity index (χ4v) is 2.88. The van der Waals surface area contributed by atoms with Crippen molar-refractivity contribution in [3.63, 3.8) is 0 Å². The number of unbranched alkanes of at least 4 members (excludes halogenated alkanes) is 1. The SMILES string of the molecule is CCCCC(CN)N(C)CC1(N(C)C)CCC1. The van der Waals surface area contributed by atoms with Gasteiger partial charge in [0.1, 0.15) is 0 Å².